The fraction of sp³-hybridized carbons (Fsp3) is 0.571. The SMILES string of the molecule is CCC(NC1CCOC1C)c1cccc(F)c1. The first-order chi connectivity index (χ1) is 8.20. The Balaban J connectivity index is 2.06. The first kappa shape index (κ1) is 12.5. The molecule has 1 fully saturated rings. The van der Waals surface area contributed by atoms with Gasteiger partial charge in [0.1, 0.15) is 5.82 Å². The lowest BCUT2D eigenvalue weighted by molar-refractivity contribution is 0.110. The molecular weight excluding hydrogens is 217 g/mol. The van der Waals surface area contributed by atoms with Crippen molar-refractivity contribution in [2.24, 2.45) is 0 Å². The Morgan fingerprint density at radius 2 is 2.35 bits per heavy atom. The van der Waals surface area contributed by atoms with Gasteiger partial charge in [0, 0.05) is 18.7 Å². The van der Waals surface area contributed by atoms with Crippen LogP contribution in [0.25, 0.3) is 0 Å². The summed E-state index contributed by atoms with van der Waals surface area (Å²) >= 11 is 0. The number of hydrogen-bond acceptors (Lipinski definition) is 2. The van der Waals surface area contributed by atoms with Crippen molar-refractivity contribution in [2.45, 2.75) is 44.9 Å². The minimum atomic E-state index is -0.168. The van der Waals surface area contributed by atoms with Gasteiger partial charge in [0.15, 0.2) is 0 Å². The van der Waals surface area contributed by atoms with Crippen molar-refractivity contribution < 1.29 is 9.13 Å². The van der Waals surface area contributed by atoms with E-state index in [9.17, 15) is 4.39 Å². The molecule has 2 rings (SSSR count). The van der Waals surface area contributed by atoms with E-state index >= 15 is 0 Å². The van der Waals surface area contributed by atoms with E-state index in [2.05, 4.69) is 19.2 Å². The largest absolute Gasteiger partial charge is 0.377 e. The van der Waals surface area contributed by atoms with E-state index < -0.39 is 0 Å². The van der Waals surface area contributed by atoms with Crippen LogP contribution < -0.4 is 5.32 Å². The molecule has 1 N–H and O–H groups in total. The molecule has 0 radical (unpaired) electrons. The van der Waals surface area contributed by atoms with Crippen LogP contribution in [0.3, 0.4) is 0 Å². The van der Waals surface area contributed by atoms with Crippen molar-refractivity contribution in [3.05, 3.63) is 35.6 Å². The molecule has 1 aromatic carbocycles. The summed E-state index contributed by atoms with van der Waals surface area (Å²) in [4.78, 5) is 0. The third-order valence-corrected chi connectivity index (χ3v) is 3.45. The molecule has 1 aliphatic rings. The van der Waals surface area contributed by atoms with E-state index in [0.29, 0.717) is 6.04 Å². The van der Waals surface area contributed by atoms with Gasteiger partial charge in [-0.25, -0.2) is 4.39 Å². The summed E-state index contributed by atoms with van der Waals surface area (Å²) in [5, 5.41) is 3.57. The maximum absolute atomic E-state index is 13.2. The topological polar surface area (TPSA) is 21.3 Å². The van der Waals surface area contributed by atoms with Gasteiger partial charge in [-0.1, -0.05) is 19.1 Å². The van der Waals surface area contributed by atoms with E-state index in [1.165, 1.54) is 6.07 Å². The summed E-state index contributed by atoms with van der Waals surface area (Å²) in [5.41, 5.74) is 1.02. The molecule has 0 aromatic heterocycles. The van der Waals surface area contributed by atoms with E-state index in [1.807, 2.05) is 6.07 Å². The van der Waals surface area contributed by atoms with Crippen LogP contribution in [-0.4, -0.2) is 18.8 Å². The average Bonchev–Trinajstić information content (AvgIpc) is 2.71. The van der Waals surface area contributed by atoms with Crippen LogP contribution in [0.1, 0.15) is 38.3 Å². The second-order valence-electron chi connectivity index (χ2n) is 4.65. The number of nitrogens with one attached hydrogen (secondary N) is 1. The predicted octanol–water partition coefficient (Wildman–Crippen LogP) is 3.04. The monoisotopic (exact) mass is 237 g/mol. The van der Waals surface area contributed by atoms with Crippen molar-refractivity contribution in [1.82, 2.24) is 5.32 Å². The molecule has 3 heteroatoms. The summed E-state index contributed by atoms with van der Waals surface area (Å²) in [5.74, 6) is -0.168. The zero-order valence-corrected chi connectivity index (χ0v) is 10.4. The molecule has 0 aliphatic carbocycles. The fourth-order valence-electron chi connectivity index (χ4n) is 2.38. The first-order valence-electron chi connectivity index (χ1n) is 6.34. The minimum Gasteiger partial charge on any atom is -0.377 e. The van der Waals surface area contributed by atoms with Crippen LogP contribution in [0, 0.1) is 5.82 Å². The lowest BCUT2D eigenvalue weighted by atomic mass is 10.0. The van der Waals surface area contributed by atoms with Gasteiger partial charge in [0.2, 0.25) is 0 Å². The highest BCUT2D eigenvalue weighted by atomic mass is 19.1. The maximum Gasteiger partial charge on any atom is 0.123 e. The number of ether oxygens (including phenoxy) is 1. The minimum absolute atomic E-state index is 0.168. The van der Waals surface area contributed by atoms with E-state index in [-0.39, 0.29) is 18.0 Å². The van der Waals surface area contributed by atoms with Crippen LogP contribution in [-0.2, 0) is 4.74 Å². The van der Waals surface area contributed by atoms with Crippen LogP contribution in [0.5, 0.6) is 0 Å². The van der Waals surface area contributed by atoms with Crippen LogP contribution in [0.2, 0.25) is 0 Å². The van der Waals surface area contributed by atoms with Crippen molar-refractivity contribution in [1.29, 1.82) is 0 Å². The quantitative estimate of drug-likeness (QED) is 0.869. The van der Waals surface area contributed by atoms with Gasteiger partial charge in [-0.2, -0.15) is 0 Å². The molecule has 17 heavy (non-hydrogen) atoms. The van der Waals surface area contributed by atoms with Crippen molar-refractivity contribution in [3.63, 3.8) is 0 Å². The smallest absolute Gasteiger partial charge is 0.123 e. The van der Waals surface area contributed by atoms with Gasteiger partial charge >= 0.3 is 0 Å². The number of benzene rings is 1. The molecule has 1 aromatic rings. The lowest BCUT2D eigenvalue weighted by Crippen LogP contribution is -2.37. The molecule has 1 aliphatic heterocycles. The van der Waals surface area contributed by atoms with E-state index in [1.54, 1.807) is 12.1 Å². The third kappa shape index (κ3) is 3.05. The molecule has 1 heterocycles. The molecule has 0 bridgehead atoms. The highest BCUT2D eigenvalue weighted by molar-refractivity contribution is 5.20. The summed E-state index contributed by atoms with van der Waals surface area (Å²) < 4.78 is 18.7. The third-order valence-electron chi connectivity index (χ3n) is 3.45. The summed E-state index contributed by atoms with van der Waals surface area (Å²) in [6, 6.07) is 7.43. The average molecular weight is 237 g/mol. The van der Waals surface area contributed by atoms with Crippen molar-refractivity contribution in [3.8, 4) is 0 Å². The molecule has 0 spiro atoms. The molecule has 2 nitrogen and oxygen atoms in total. The molecule has 3 unspecified atom stereocenters. The Morgan fingerprint density at radius 1 is 1.53 bits per heavy atom. The van der Waals surface area contributed by atoms with Crippen LogP contribution >= 0.6 is 0 Å². The lowest BCUT2D eigenvalue weighted by Gasteiger charge is -2.24. The molecule has 1 saturated heterocycles. The van der Waals surface area contributed by atoms with Gasteiger partial charge in [0.25, 0.3) is 0 Å². The summed E-state index contributed by atoms with van der Waals surface area (Å²) in [6.07, 6.45) is 2.23. The van der Waals surface area contributed by atoms with Gasteiger partial charge in [-0.3, -0.25) is 0 Å². The zero-order valence-electron chi connectivity index (χ0n) is 10.4. The van der Waals surface area contributed by atoms with Gasteiger partial charge in [0.05, 0.1) is 6.10 Å². The fourth-order valence-corrected chi connectivity index (χ4v) is 2.38. The van der Waals surface area contributed by atoms with Gasteiger partial charge < -0.3 is 10.1 Å². The van der Waals surface area contributed by atoms with E-state index in [4.69, 9.17) is 4.74 Å². The normalized spacial score (nSPS) is 26.1. The van der Waals surface area contributed by atoms with Gasteiger partial charge in [-0.05, 0) is 37.5 Å². The Morgan fingerprint density at radius 3 is 2.94 bits per heavy atom. The standard InChI is InChI=1S/C14H20FNO/c1-3-13(11-5-4-6-12(15)9-11)16-14-7-8-17-10(14)2/h4-6,9-10,13-14,16H,3,7-8H2,1-2H3. The second kappa shape index (κ2) is 5.61. The first-order valence-corrected chi connectivity index (χ1v) is 6.34. The molecular formula is C14H20FNO. The maximum atomic E-state index is 13.2. The Bertz CT molecular complexity index is 369. The molecule has 0 amide bonds. The molecule has 3 atom stereocenters. The van der Waals surface area contributed by atoms with Crippen LogP contribution in [0.4, 0.5) is 4.39 Å². The number of hydrogen-bond donors (Lipinski definition) is 1. The second-order valence-corrected chi connectivity index (χ2v) is 4.65. The van der Waals surface area contributed by atoms with Crippen LogP contribution in [0.15, 0.2) is 24.3 Å². The van der Waals surface area contributed by atoms with Gasteiger partial charge in [-0.15, -0.1) is 0 Å². The summed E-state index contributed by atoms with van der Waals surface area (Å²) in [7, 11) is 0. The molecule has 0 saturated carbocycles. The Kier molecular flexibility index (Phi) is 4.13. The number of rotatable bonds is 4. The predicted molar refractivity (Wildman–Crippen MR) is 66.4 cm³/mol. The highest BCUT2D eigenvalue weighted by Crippen LogP contribution is 2.22. The Hall–Kier alpha value is -0.930. The number of halogens is 1. The van der Waals surface area contributed by atoms with Crippen molar-refractivity contribution in [2.75, 3.05) is 6.61 Å². The zero-order chi connectivity index (χ0) is 12.3. The molecule has 94 valence electrons. The van der Waals surface area contributed by atoms with E-state index in [0.717, 1.165) is 25.0 Å². The van der Waals surface area contributed by atoms with Crippen molar-refractivity contribution >= 4 is 0 Å². The summed E-state index contributed by atoms with van der Waals surface area (Å²) in [6.45, 7) is 5.02. The highest BCUT2D eigenvalue weighted by Gasteiger charge is 2.26. The Labute approximate surface area is 102 Å².